The number of aliphatic hydroxyl groups is 1. The van der Waals surface area contributed by atoms with Crippen LogP contribution in [0.25, 0.3) is 0 Å². The van der Waals surface area contributed by atoms with Gasteiger partial charge >= 0.3 is 0 Å². The Morgan fingerprint density at radius 2 is 2.21 bits per heavy atom. The minimum absolute atomic E-state index is 0. The van der Waals surface area contributed by atoms with E-state index in [1.165, 1.54) is 0 Å². The van der Waals surface area contributed by atoms with Crippen molar-refractivity contribution in [2.24, 2.45) is 5.73 Å². The zero-order valence-electron chi connectivity index (χ0n) is 8.14. The minimum atomic E-state index is -0.111. The van der Waals surface area contributed by atoms with E-state index >= 15 is 0 Å². The first kappa shape index (κ1) is 13.2. The molecule has 4 heteroatoms. The highest BCUT2D eigenvalue weighted by atomic mass is 35.5. The molecule has 0 unspecified atom stereocenters. The third-order valence-electron chi connectivity index (χ3n) is 1.96. The van der Waals surface area contributed by atoms with Crippen molar-refractivity contribution in [3.05, 3.63) is 29.8 Å². The standard InChI is InChI=1S/C10H15NO2.ClH/c1-13-9-4-2-3-8(7-9)10(11)5-6-12;/h2-4,7,10,12H,5-6,11H2,1H3;1H/t10-;/m1./s1. The van der Waals surface area contributed by atoms with Crippen molar-refractivity contribution in [3.63, 3.8) is 0 Å². The summed E-state index contributed by atoms with van der Waals surface area (Å²) in [5.74, 6) is 0.797. The molecule has 0 aliphatic rings. The minimum Gasteiger partial charge on any atom is -0.497 e. The zero-order chi connectivity index (χ0) is 9.68. The molecule has 1 aromatic rings. The largest absolute Gasteiger partial charge is 0.497 e. The molecule has 0 heterocycles. The van der Waals surface area contributed by atoms with Crippen LogP contribution >= 0.6 is 12.4 Å². The number of nitrogens with two attached hydrogens (primary N) is 1. The number of benzene rings is 1. The van der Waals surface area contributed by atoms with Crippen LogP contribution < -0.4 is 10.5 Å². The summed E-state index contributed by atoms with van der Waals surface area (Å²) in [5.41, 5.74) is 6.81. The Hall–Kier alpha value is -0.770. The van der Waals surface area contributed by atoms with Crippen LogP contribution in [0.3, 0.4) is 0 Å². The number of methoxy groups -OCH3 is 1. The molecule has 0 bridgehead atoms. The van der Waals surface area contributed by atoms with E-state index in [4.69, 9.17) is 15.6 Å². The summed E-state index contributed by atoms with van der Waals surface area (Å²) < 4.78 is 5.07. The van der Waals surface area contributed by atoms with Gasteiger partial charge in [0.15, 0.2) is 0 Å². The summed E-state index contributed by atoms with van der Waals surface area (Å²) in [6.07, 6.45) is 0.577. The van der Waals surface area contributed by atoms with Crippen LogP contribution in [0.1, 0.15) is 18.0 Å². The molecule has 0 spiro atoms. The molecule has 0 saturated heterocycles. The van der Waals surface area contributed by atoms with E-state index in [0.29, 0.717) is 6.42 Å². The van der Waals surface area contributed by atoms with Gasteiger partial charge in [-0.25, -0.2) is 0 Å². The highest BCUT2D eigenvalue weighted by Crippen LogP contribution is 2.19. The molecule has 14 heavy (non-hydrogen) atoms. The highest BCUT2D eigenvalue weighted by Gasteiger charge is 2.05. The molecule has 0 radical (unpaired) electrons. The van der Waals surface area contributed by atoms with Gasteiger partial charge in [-0.3, -0.25) is 0 Å². The van der Waals surface area contributed by atoms with E-state index in [0.717, 1.165) is 11.3 Å². The second-order valence-electron chi connectivity index (χ2n) is 2.90. The van der Waals surface area contributed by atoms with Crippen molar-refractivity contribution >= 4 is 12.4 Å². The average molecular weight is 218 g/mol. The molecular formula is C10H16ClNO2. The molecule has 3 nitrogen and oxygen atoms in total. The van der Waals surface area contributed by atoms with E-state index in [-0.39, 0.29) is 25.1 Å². The Labute approximate surface area is 90.3 Å². The molecule has 1 rings (SSSR count). The monoisotopic (exact) mass is 217 g/mol. The second-order valence-corrected chi connectivity index (χ2v) is 2.90. The first-order valence-corrected chi connectivity index (χ1v) is 4.28. The fourth-order valence-electron chi connectivity index (χ4n) is 1.18. The van der Waals surface area contributed by atoms with Gasteiger partial charge in [0, 0.05) is 12.6 Å². The first-order chi connectivity index (χ1) is 6.27. The number of hydrogen-bond donors (Lipinski definition) is 2. The average Bonchev–Trinajstić information content (AvgIpc) is 2.18. The number of aliphatic hydroxyl groups excluding tert-OH is 1. The summed E-state index contributed by atoms with van der Waals surface area (Å²) in [5, 5.41) is 8.71. The number of halogens is 1. The van der Waals surface area contributed by atoms with Crippen molar-refractivity contribution in [2.75, 3.05) is 13.7 Å². The zero-order valence-corrected chi connectivity index (χ0v) is 8.96. The van der Waals surface area contributed by atoms with E-state index in [9.17, 15) is 0 Å². The molecule has 1 aromatic carbocycles. The SMILES string of the molecule is COc1cccc([C@H](N)CCO)c1.Cl. The third-order valence-corrected chi connectivity index (χ3v) is 1.96. The maximum Gasteiger partial charge on any atom is 0.119 e. The molecular weight excluding hydrogens is 202 g/mol. The van der Waals surface area contributed by atoms with Gasteiger partial charge in [-0.15, -0.1) is 12.4 Å². The fourth-order valence-corrected chi connectivity index (χ4v) is 1.18. The van der Waals surface area contributed by atoms with E-state index in [1.54, 1.807) is 7.11 Å². The van der Waals surface area contributed by atoms with E-state index in [2.05, 4.69) is 0 Å². The molecule has 0 aliphatic carbocycles. The van der Waals surface area contributed by atoms with Crippen LogP contribution in [0.5, 0.6) is 5.75 Å². The summed E-state index contributed by atoms with van der Waals surface area (Å²) in [4.78, 5) is 0. The lowest BCUT2D eigenvalue weighted by Gasteiger charge is -2.11. The lowest BCUT2D eigenvalue weighted by molar-refractivity contribution is 0.276. The Morgan fingerprint density at radius 1 is 1.50 bits per heavy atom. The van der Waals surface area contributed by atoms with Gasteiger partial charge in [0.1, 0.15) is 5.75 Å². The second kappa shape index (κ2) is 6.65. The highest BCUT2D eigenvalue weighted by molar-refractivity contribution is 5.85. The van der Waals surface area contributed by atoms with Gasteiger partial charge in [-0.05, 0) is 24.1 Å². The molecule has 0 aliphatic heterocycles. The topological polar surface area (TPSA) is 55.5 Å². The molecule has 0 aromatic heterocycles. The van der Waals surface area contributed by atoms with Crippen molar-refractivity contribution in [2.45, 2.75) is 12.5 Å². The molecule has 3 N–H and O–H groups in total. The third kappa shape index (κ3) is 3.54. The maximum absolute atomic E-state index is 8.71. The van der Waals surface area contributed by atoms with E-state index < -0.39 is 0 Å². The van der Waals surface area contributed by atoms with Crippen LogP contribution in [0.2, 0.25) is 0 Å². The predicted molar refractivity (Wildman–Crippen MR) is 58.9 cm³/mol. The number of hydrogen-bond acceptors (Lipinski definition) is 3. The Balaban J connectivity index is 0.00000169. The van der Waals surface area contributed by atoms with Gasteiger partial charge in [0.25, 0.3) is 0 Å². The van der Waals surface area contributed by atoms with Gasteiger partial charge in [0.2, 0.25) is 0 Å². The van der Waals surface area contributed by atoms with Gasteiger partial charge in [0.05, 0.1) is 7.11 Å². The Kier molecular flexibility index (Phi) is 6.28. The number of ether oxygens (including phenoxy) is 1. The molecule has 0 fully saturated rings. The van der Waals surface area contributed by atoms with Gasteiger partial charge in [-0.1, -0.05) is 12.1 Å². The number of rotatable bonds is 4. The quantitative estimate of drug-likeness (QED) is 0.804. The van der Waals surface area contributed by atoms with E-state index in [1.807, 2.05) is 24.3 Å². The van der Waals surface area contributed by atoms with Crippen molar-refractivity contribution in [1.82, 2.24) is 0 Å². The lowest BCUT2D eigenvalue weighted by Crippen LogP contribution is -2.11. The summed E-state index contributed by atoms with van der Waals surface area (Å²) in [6.45, 7) is 0.110. The Bertz CT molecular complexity index is 268. The smallest absolute Gasteiger partial charge is 0.119 e. The molecule has 0 amide bonds. The molecule has 0 saturated carbocycles. The summed E-state index contributed by atoms with van der Waals surface area (Å²) in [6, 6.07) is 7.48. The van der Waals surface area contributed by atoms with Crippen LogP contribution in [0, 0.1) is 0 Å². The summed E-state index contributed by atoms with van der Waals surface area (Å²) >= 11 is 0. The lowest BCUT2D eigenvalue weighted by atomic mass is 10.1. The van der Waals surface area contributed by atoms with Crippen LogP contribution in [0.4, 0.5) is 0 Å². The fraction of sp³-hybridized carbons (Fsp3) is 0.400. The van der Waals surface area contributed by atoms with Gasteiger partial charge < -0.3 is 15.6 Å². The summed E-state index contributed by atoms with van der Waals surface area (Å²) in [7, 11) is 1.62. The first-order valence-electron chi connectivity index (χ1n) is 4.28. The maximum atomic E-state index is 8.71. The van der Waals surface area contributed by atoms with Crippen molar-refractivity contribution < 1.29 is 9.84 Å². The van der Waals surface area contributed by atoms with Crippen molar-refractivity contribution in [3.8, 4) is 5.75 Å². The molecule has 1 atom stereocenters. The normalized spacial score (nSPS) is 11.6. The van der Waals surface area contributed by atoms with Crippen molar-refractivity contribution in [1.29, 1.82) is 0 Å². The predicted octanol–water partition coefficient (Wildman–Crippen LogP) is 1.50. The van der Waals surface area contributed by atoms with Crippen LogP contribution in [0.15, 0.2) is 24.3 Å². The van der Waals surface area contributed by atoms with Crippen LogP contribution in [-0.2, 0) is 0 Å². The Morgan fingerprint density at radius 3 is 2.79 bits per heavy atom. The van der Waals surface area contributed by atoms with Crippen LogP contribution in [-0.4, -0.2) is 18.8 Å². The molecule has 80 valence electrons. The van der Waals surface area contributed by atoms with Gasteiger partial charge in [-0.2, -0.15) is 0 Å².